The summed E-state index contributed by atoms with van der Waals surface area (Å²) in [4.78, 5) is 40.8. The van der Waals surface area contributed by atoms with Crippen LogP contribution in [0.15, 0.2) is 0 Å². The second-order valence-electron chi connectivity index (χ2n) is 21.7. The Morgan fingerprint density at radius 2 is 0.362 bits per heavy atom. The van der Waals surface area contributed by atoms with E-state index in [2.05, 4.69) is 27.7 Å². The van der Waals surface area contributed by atoms with Crippen LogP contribution in [0, 0.1) is 0 Å². The zero-order valence-corrected chi connectivity index (χ0v) is 50.2. The molecule has 0 N–H and O–H groups in total. The number of carbonyl (C=O) groups is 3. The number of hydrogen-bond donors (Lipinski definition) is 0. The zero-order valence-electron chi connectivity index (χ0n) is 47.3. The second-order valence-corrected chi connectivity index (χ2v) is 28.8. The molecule has 0 amide bonds. The molecule has 0 aromatic carbocycles. The smallest absolute Gasteiger partial charge is 0.0654 e. The van der Waals surface area contributed by atoms with Crippen molar-refractivity contribution >= 4 is 37.5 Å². The summed E-state index contributed by atoms with van der Waals surface area (Å²) < 4.78 is 19.2. The van der Waals surface area contributed by atoms with E-state index in [1.165, 1.54) is 244 Å². The molecular formula is C62H122O6Sn. The van der Waals surface area contributed by atoms with Crippen molar-refractivity contribution in [2.24, 2.45) is 0 Å². The zero-order chi connectivity index (χ0) is 50.2. The average molecular weight is 1080 g/mol. The third-order valence-electron chi connectivity index (χ3n) is 14.6. The fraction of sp³-hybridized carbons (Fsp3) is 0.952. The molecule has 0 saturated carbocycles. The van der Waals surface area contributed by atoms with Gasteiger partial charge < -0.3 is 0 Å². The van der Waals surface area contributed by atoms with Gasteiger partial charge in [-0.2, -0.15) is 0 Å². The Hall–Kier alpha value is -0.791. The number of carbonyl (C=O) groups excluding carboxylic acids is 3. The molecule has 0 fully saturated rings. The van der Waals surface area contributed by atoms with Crippen molar-refractivity contribution in [1.29, 1.82) is 0 Å². The summed E-state index contributed by atoms with van der Waals surface area (Å²) in [7, 11) is 0. The van der Waals surface area contributed by atoms with Gasteiger partial charge in [0.25, 0.3) is 0 Å². The number of unbranched alkanes of at least 4 members (excludes halogenated alkanes) is 47. The van der Waals surface area contributed by atoms with Crippen LogP contribution in [-0.4, -0.2) is 37.5 Å². The quantitative estimate of drug-likeness (QED) is 0.0446. The fourth-order valence-electron chi connectivity index (χ4n) is 9.93. The normalized spacial score (nSPS) is 11.7. The van der Waals surface area contributed by atoms with E-state index in [1.54, 1.807) is 0 Å². The van der Waals surface area contributed by atoms with E-state index in [0.29, 0.717) is 23.7 Å². The minimum absolute atomic E-state index is 0.292. The molecular weight excluding hydrogens is 959 g/mol. The Morgan fingerprint density at radius 1 is 0.217 bits per heavy atom. The van der Waals surface area contributed by atoms with E-state index >= 15 is 0 Å². The molecule has 6 nitrogen and oxygen atoms in total. The van der Waals surface area contributed by atoms with Gasteiger partial charge in [0.2, 0.25) is 0 Å². The van der Waals surface area contributed by atoms with Gasteiger partial charge in [0.15, 0.2) is 0 Å². The molecule has 0 aromatic rings. The molecule has 0 aliphatic carbocycles. The molecule has 410 valence electrons. The van der Waals surface area contributed by atoms with Crippen LogP contribution in [0.25, 0.3) is 0 Å². The molecule has 0 aliphatic rings. The van der Waals surface area contributed by atoms with Crippen molar-refractivity contribution in [2.75, 3.05) is 0 Å². The van der Waals surface area contributed by atoms with Crippen molar-refractivity contribution in [1.82, 2.24) is 0 Å². The summed E-state index contributed by atoms with van der Waals surface area (Å²) in [6.45, 7) is 9.06. The summed E-state index contributed by atoms with van der Waals surface area (Å²) in [5, 5.41) is 0. The molecule has 0 heterocycles. The van der Waals surface area contributed by atoms with Crippen molar-refractivity contribution in [3.63, 3.8) is 0 Å². The molecule has 7 heteroatoms. The molecule has 0 aromatic heterocycles. The van der Waals surface area contributed by atoms with Gasteiger partial charge in [0, 0.05) is 0 Å². The predicted molar refractivity (Wildman–Crippen MR) is 301 cm³/mol. The van der Waals surface area contributed by atoms with Crippen LogP contribution < -0.4 is 0 Å². The van der Waals surface area contributed by atoms with Crippen LogP contribution in [0.3, 0.4) is 0 Å². The molecule has 0 saturated heterocycles. The molecule has 0 spiro atoms. The predicted octanol–water partition coefficient (Wildman–Crippen LogP) is 21.7. The Morgan fingerprint density at radius 3 is 0.536 bits per heavy atom. The maximum atomic E-state index is 13.6. The molecule has 0 aliphatic heterocycles. The molecule has 0 bridgehead atoms. The van der Waals surface area contributed by atoms with Crippen molar-refractivity contribution in [2.45, 2.75) is 379 Å². The third kappa shape index (κ3) is 51.9. The molecule has 0 rings (SSSR count). The van der Waals surface area contributed by atoms with Gasteiger partial charge in [-0.3, -0.25) is 0 Å². The standard InChI is InChI=1S/3C18H36O2.C8H17.Sn/c3*1-2-3-4-5-6-7-8-9-10-11-12-13-14-15-16-17-18(19)20;1-3-5-7-8-6-4-2;/h3*2-17H2,1H3,(H,19,20);1,3-8H2,2H3;/q;;;;+3/p-3. The van der Waals surface area contributed by atoms with Gasteiger partial charge in [0.1, 0.15) is 0 Å². The Kier molecular flexibility index (Phi) is 55.9. The van der Waals surface area contributed by atoms with Crippen LogP contribution >= 0.6 is 0 Å². The van der Waals surface area contributed by atoms with Crippen LogP contribution in [-0.2, 0) is 23.6 Å². The summed E-state index contributed by atoms with van der Waals surface area (Å²) in [5.41, 5.74) is 0. The van der Waals surface area contributed by atoms with Crippen molar-refractivity contribution < 1.29 is 23.6 Å². The summed E-state index contributed by atoms with van der Waals surface area (Å²) in [5.74, 6) is -1.02. The Labute approximate surface area is 437 Å². The van der Waals surface area contributed by atoms with Crippen LogP contribution in [0.4, 0.5) is 0 Å². The topological polar surface area (TPSA) is 78.9 Å². The first kappa shape index (κ1) is 68.2. The van der Waals surface area contributed by atoms with E-state index < -0.39 is 19.6 Å². The van der Waals surface area contributed by atoms with Gasteiger partial charge in [-0.15, -0.1) is 0 Å². The van der Waals surface area contributed by atoms with Gasteiger partial charge >= 0.3 is 304 Å². The van der Waals surface area contributed by atoms with Crippen molar-refractivity contribution in [3.8, 4) is 0 Å². The van der Waals surface area contributed by atoms with E-state index in [1.807, 2.05) is 0 Å². The summed E-state index contributed by atoms with van der Waals surface area (Å²) >= 11 is -4.93. The van der Waals surface area contributed by atoms with Crippen LogP contribution in [0.2, 0.25) is 4.44 Å². The fourth-order valence-corrected chi connectivity index (χ4v) is 17.0. The third-order valence-corrected chi connectivity index (χ3v) is 22.0. The first-order chi connectivity index (χ1) is 33.9. The maximum absolute atomic E-state index is 13.6. The van der Waals surface area contributed by atoms with E-state index in [9.17, 15) is 14.4 Å². The minimum atomic E-state index is -4.93. The van der Waals surface area contributed by atoms with Gasteiger partial charge in [-0.05, 0) is 0 Å². The van der Waals surface area contributed by atoms with Gasteiger partial charge in [0.05, 0.1) is 0 Å². The first-order valence-electron chi connectivity index (χ1n) is 31.6. The monoisotopic (exact) mass is 1080 g/mol. The van der Waals surface area contributed by atoms with E-state index in [4.69, 9.17) is 9.22 Å². The summed E-state index contributed by atoms with van der Waals surface area (Å²) in [6, 6.07) is 0. The van der Waals surface area contributed by atoms with Crippen LogP contribution in [0.5, 0.6) is 0 Å². The van der Waals surface area contributed by atoms with Gasteiger partial charge in [-0.1, -0.05) is 136 Å². The Balaban J connectivity index is 5.06. The molecule has 0 radical (unpaired) electrons. The van der Waals surface area contributed by atoms with Gasteiger partial charge in [-0.25, -0.2) is 0 Å². The second kappa shape index (κ2) is 56.5. The Bertz CT molecular complexity index is 949. The average Bonchev–Trinajstić information content (AvgIpc) is 3.33. The molecule has 0 atom stereocenters. The minimum Gasteiger partial charge on any atom is -0.0654 e. The summed E-state index contributed by atoms with van der Waals surface area (Å²) in [6.07, 6.45) is 64.3. The van der Waals surface area contributed by atoms with Crippen molar-refractivity contribution in [3.05, 3.63) is 0 Å². The number of hydrogen-bond acceptors (Lipinski definition) is 6. The molecule has 0 unspecified atom stereocenters. The van der Waals surface area contributed by atoms with E-state index in [-0.39, 0.29) is 17.9 Å². The van der Waals surface area contributed by atoms with Crippen LogP contribution in [0.1, 0.15) is 374 Å². The molecule has 69 heavy (non-hydrogen) atoms. The number of rotatable bonds is 58. The first-order valence-corrected chi connectivity index (χ1v) is 37.1. The SMILES string of the molecule is CCCCCCCCCCCCCCCCCC(=O)[O][Sn]([CH2]CCCCCCC)([O]C(=O)CCCCCCCCCCCCCCCCC)[O]C(=O)CCCCCCCCCCCCCCCCC. The van der Waals surface area contributed by atoms with E-state index in [0.717, 1.165) is 83.5 Å².